The highest BCUT2D eigenvalue weighted by Gasteiger charge is 2.25. The van der Waals surface area contributed by atoms with Crippen LogP contribution in [0, 0.1) is 5.92 Å². The third-order valence-electron chi connectivity index (χ3n) is 1.46. The van der Waals surface area contributed by atoms with E-state index in [0.29, 0.717) is 5.75 Å². The Labute approximate surface area is 80.7 Å². The minimum Gasteiger partial charge on any atom is -0.396 e. The number of aliphatic hydroxyl groups excluding tert-OH is 1. The second-order valence-corrected chi connectivity index (χ2v) is 4.23. The Kier molecular flexibility index (Phi) is 6.59. The third kappa shape index (κ3) is 10.0. The van der Waals surface area contributed by atoms with E-state index in [0.717, 1.165) is 5.75 Å². The molecule has 5 heteroatoms. The van der Waals surface area contributed by atoms with E-state index in [4.69, 9.17) is 5.11 Å². The van der Waals surface area contributed by atoms with Crippen LogP contribution in [0.1, 0.15) is 19.8 Å². The van der Waals surface area contributed by atoms with Gasteiger partial charge in [0, 0.05) is 13.0 Å². The van der Waals surface area contributed by atoms with Gasteiger partial charge in [-0.3, -0.25) is 0 Å². The molecule has 0 aliphatic heterocycles. The summed E-state index contributed by atoms with van der Waals surface area (Å²) in [6.07, 6.45) is -4.55. The molecule has 1 nitrogen and oxygen atoms in total. The Hall–Kier alpha value is 0.100. The Bertz CT molecular complexity index is 127. The van der Waals surface area contributed by atoms with Gasteiger partial charge in [0.05, 0.1) is 0 Å². The van der Waals surface area contributed by atoms with Gasteiger partial charge in [-0.2, -0.15) is 24.9 Å². The molecule has 13 heavy (non-hydrogen) atoms. The van der Waals surface area contributed by atoms with Gasteiger partial charge in [0.2, 0.25) is 0 Å². The molecule has 0 spiro atoms. The minimum absolute atomic E-state index is 0.103. The van der Waals surface area contributed by atoms with Gasteiger partial charge >= 0.3 is 6.18 Å². The van der Waals surface area contributed by atoms with Gasteiger partial charge in [-0.1, -0.05) is 6.92 Å². The summed E-state index contributed by atoms with van der Waals surface area (Å²) in [6, 6.07) is 0. The maximum Gasteiger partial charge on any atom is 0.389 e. The molecule has 0 saturated heterocycles. The zero-order valence-electron chi connectivity index (χ0n) is 7.60. The smallest absolute Gasteiger partial charge is 0.389 e. The largest absolute Gasteiger partial charge is 0.396 e. The van der Waals surface area contributed by atoms with Crippen molar-refractivity contribution in [1.29, 1.82) is 0 Å². The van der Waals surface area contributed by atoms with Gasteiger partial charge in [0.25, 0.3) is 0 Å². The highest BCUT2D eigenvalue weighted by atomic mass is 32.2. The first kappa shape index (κ1) is 13.1. The molecule has 1 atom stereocenters. The van der Waals surface area contributed by atoms with Crippen molar-refractivity contribution in [2.45, 2.75) is 25.9 Å². The van der Waals surface area contributed by atoms with E-state index in [1.165, 1.54) is 11.8 Å². The molecule has 0 aliphatic carbocycles. The molecule has 0 bridgehead atoms. The number of alkyl halides is 3. The Morgan fingerprint density at radius 2 is 2.00 bits per heavy atom. The van der Waals surface area contributed by atoms with Crippen molar-refractivity contribution in [3.63, 3.8) is 0 Å². The van der Waals surface area contributed by atoms with E-state index in [1.54, 1.807) is 0 Å². The molecule has 0 saturated carbocycles. The van der Waals surface area contributed by atoms with Crippen LogP contribution < -0.4 is 0 Å². The predicted molar refractivity (Wildman–Crippen MR) is 48.9 cm³/mol. The van der Waals surface area contributed by atoms with Crippen molar-refractivity contribution in [1.82, 2.24) is 0 Å². The second kappa shape index (κ2) is 6.54. The highest BCUT2D eigenvalue weighted by molar-refractivity contribution is 7.99. The molecule has 0 aromatic carbocycles. The van der Waals surface area contributed by atoms with Gasteiger partial charge in [-0.25, -0.2) is 0 Å². The summed E-state index contributed by atoms with van der Waals surface area (Å²) in [6.45, 7) is 1.98. The fraction of sp³-hybridized carbons (Fsp3) is 1.00. The molecule has 0 heterocycles. The van der Waals surface area contributed by atoms with Crippen LogP contribution >= 0.6 is 11.8 Å². The van der Waals surface area contributed by atoms with Crippen LogP contribution in [0.25, 0.3) is 0 Å². The lowest BCUT2D eigenvalue weighted by atomic mass is 10.2. The van der Waals surface area contributed by atoms with Gasteiger partial charge in [-0.15, -0.1) is 0 Å². The molecule has 1 unspecified atom stereocenters. The van der Waals surface area contributed by atoms with Crippen molar-refractivity contribution < 1.29 is 18.3 Å². The average molecular weight is 216 g/mol. The summed E-state index contributed by atoms with van der Waals surface area (Å²) in [7, 11) is 0. The van der Waals surface area contributed by atoms with Crippen LogP contribution in [0.4, 0.5) is 13.2 Å². The number of hydrogen-bond acceptors (Lipinski definition) is 2. The van der Waals surface area contributed by atoms with E-state index in [9.17, 15) is 13.2 Å². The molecular weight excluding hydrogens is 201 g/mol. The maximum atomic E-state index is 11.7. The van der Waals surface area contributed by atoms with E-state index in [1.807, 2.05) is 6.92 Å². The quantitative estimate of drug-likeness (QED) is 0.689. The lowest BCUT2D eigenvalue weighted by Crippen LogP contribution is -2.08. The van der Waals surface area contributed by atoms with Crippen molar-refractivity contribution in [3.8, 4) is 0 Å². The third-order valence-corrected chi connectivity index (χ3v) is 2.85. The predicted octanol–water partition coefficient (Wildman–Crippen LogP) is 2.69. The molecule has 0 amide bonds. The minimum atomic E-state index is -4.02. The van der Waals surface area contributed by atoms with Gasteiger partial charge in [0.1, 0.15) is 0 Å². The summed E-state index contributed by atoms with van der Waals surface area (Å²) in [5, 5.41) is 8.63. The van der Waals surface area contributed by atoms with Crippen molar-refractivity contribution in [2.75, 3.05) is 18.1 Å². The summed E-state index contributed by atoms with van der Waals surface area (Å²) in [5.74, 6) is 1.42. The summed E-state index contributed by atoms with van der Waals surface area (Å²) in [4.78, 5) is 0. The Morgan fingerprint density at radius 1 is 1.38 bits per heavy atom. The van der Waals surface area contributed by atoms with Crippen LogP contribution in [0.5, 0.6) is 0 Å². The SMILES string of the molecule is CC(CO)CSCCCC(F)(F)F. The molecule has 1 N–H and O–H groups in total. The standard InChI is InChI=1S/C8H15F3OS/c1-7(5-12)6-13-4-2-3-8(9,10)11/h7,12H,2-6H2,1H3. The fourth-order valence-electron chi connectivity index (χ4n) is 0.712. The molecule has 0 rings (SSSR count). The van der Waals surface area contributed by atoms with Crippen LogP contribution in [0.15, 0.2) is 0 Å². The highest BCUT2D eigenvalue weighted by Crippen LogP contribution is 2.22. The van der Waals surface area contributed by atoms with Gasteiger partial charge < -0.3 is 5.11 Å². The fourth-order valence-corrected chi connectivity index (χ4v) is 1.73. The molecular formula is C8H15F3OS. The number of halogens is 3. The number of thioether (sulfide) groups is 1. The molecule has 0 aromatic rings. The molecule has 0 aromatic heterocycles. The number of rotatable bonds is 6. The average Bonchev–Trinajstić information content (AvgIpc) is 2.01. The first-order valence-electron chi connectivity index (χ1n) is 4.21. The zero-order chi connectivity index (χ0) is 10.3. The lowest BCUT2D eigenvalue weighted by molar-refractivity contribution is -0.134. The molecule has 0 radical (unpaired) electrons. The van der Waals surface area contributed by atoms with E-state index in [2.05, 4.69) is 0 Å². The lowest BCUT2D eigenvalue weighted by Gasteiger charge is -2.08. The van der Waals surface area contributed by atoms with Crippen LogP contribution in [-0.4, -0.2) is 29.4 Å². The van der Waals surface area contributed by atoms with E-state index < -0.39 is 12.6 Å². The maximum absolute atomic E-state index is 11.7. The molecule has 0 aliphatic rings. The second-order valence-electron chi connectivity index (χ2n) is 3.08. The first-order chi connectivity index (χ1) is 5.95. The number of hydrogen-bond donors (Lipinski definition) is 1. The van der Waals surface area contributed by atoms with Gasteiger partial charge in [0.15, 0.2) is 0 Å². The van der Waals surface area contributed by atoms with Crippen LogP contribution in [0.3, 0.4) is 0 Å². The monoisotopic (exact) mass is 216 g/mol. The van der Waals surface area contributed by atoms with Crippen molar-refractivity contribution in [2.24, 2.45) is 5.92 Å². The van der Waals surface area contributed by atoms with Crippen LogP contribution in [0.2, 0.25) is 0 Å². The van der Waals surface area contributed by atoms with E-state index in [-0.39, 0.29) is 18.9 Å². The normalized spacial score (nSPS) is 14.5. The van der Waals surface area contributed by atoms with Crippen molar-refractivity contribution >= 4 is 11.8 Å². The molecule has 80 valence electrons. The van der Waals surface area contributed by atoms with Crippen LogP contribution in [-0.2, 0) is 0 Å². The molecule has 0 fully saturated rings. The first-order valence-corrected chi connectivity index (χ1v) is 5.36. The topological polar surface area (TPSA) is 20.2 Å². The Morgan fingerprint density at radius 3 is 2.46 bits per heavy atom. The number of aliphatic hydroxyl groups is 1. The summed E-state index contributed by atoms with van der Waals surface area (Å²) < 4.78 is 35.0. The van der Waals surface area contributed by atoms with Crippen molar-refractivity contribution in [3.05, 3.63) is 0 Å². The van der Waals surface area contributed by atoms with Gasteiger partial charge in [-0.05, 0) is 23.8 Å². The summed E-state index contributed by atoms with van der Waals surface area (Å²) in [5.41, 5.74) is 0. The zero-order valence-corrected chi connectivity index (χ0v) is 8.42. The Balaban J connectivity index is 3.18. The summed E-state index contributed by atoms with van der Waals surface area (Å²) >= 11 is 1.47. The van der Waals surface area contributed by atoms with E-state index >= 15 is 0 Å².